The van der Waals surface area contributed by atoms with Gasteiger partial charge in [-0.2, -0.15) is 0 Å². The minimum atomic E-state index is -5.23. The van der Waals surface area contributed by atoms with Crippen molar-refractivity contribution in [3.05, 3.63) is 72.7 Å². The molecule has 14 nitrogen and oxygen atoms in total. The Morgan fingerprint density at radius 2 is 1.77 bits per heavy atom. The van der Waals surface area contributed by atoms with Crippen LogP contribution in [0.2, 0.25) is 0 Å². The predicted molar refractivity (Wildman–Crippen MR) is 153 cm³/mol. The summed E-state index contributed by atoms with van der Waals surface area (Å²) in [6, 6.07) is 13.0. The third-order valence-corrected chi connectivity index (χ3v) is 9.17. The van der Waals surface area contributed by atoms with Gasteiger partial charge in [-0.05, 0) is 37.0 Å². The standard InChI is InChI=1S/C28H33N2O12PS/c31-28(40-22-12-13-37-19-22)29-24(16-20-6-2-1-3-7-20)27(42-43(32,33)34)18-30(41-21-8-4-5-9-21)44(35,36)23-10-11-25-26(17-23)39-15-14-38-25/h1-3,6-7,10-13,17,19,21,24,27H,4-5,8-9,14-16,18H2,(H,29,31)(H2,32,33,34)/t24-,27+/m0/s1. The van der Waals surface area contributed by atoms with E-state index < -0.39 is 48.7 Å². The largest absolute Gasteiger partial charge is 0.486 e. The summed E-state index contributed by atoms with van der Waals surface area (Å²) in [6.45, 7) is -0.142. The van der Waals surface area contributed by atoms with E-state index in [4.69, 9.17) is 28.0 Å². The van der Waals surface area contributed by atoms with E-state index in [1.54, 1.807) is 30.3 Å². The summed E-state index contributed by atoms with van der Waals surface area (Å²) >= 11 is 0. The molecule has 0 unspecified atom stereocenters. The monoisotopic (exact) mass is 652 g/mol. The number of furan rings is 1. The van der Waals surface area contributed by atoms with Gasteiger partial charge in [0.25, 0.3) is 10.0 Å². The molecule has 2 aromatic carbocycles. The second kappa shape index (κ2) is 14.1. The fraction of sp³-hybridized carbons (Fsp3) is 0.393. The summed E-state index contributed by atoms with van der Waals surface area (Å²) in [6.07, 6.45) is 2.23. The number of nitrogens with one attached hydrogen (secondary N) is 1. The van der Waals surface area contributed by atoms with Crippen molar-refractivity contribution in [3.63, 3.8) is 0 Å². The summed E-state index contributed by atoms with van der Waals surface area (Å²) in [7, 11) is -9.70. The lowest BCUT2D eigenvalue weighted by Crippen LogP contribution is -2.52. The molecule has 2 aliphatic rings. The van der Waals surface area contributed by atoms with Crippen molar-refractivity contribution in [3.8, 4) is 17.2 Å². The molecule has 3 aromatic rings. The van der Waals surface area contributed by atoms with E-state index in [-0.39, 0.29) is 29.4 Å². The number of ether oxygens (including phenoxy) is 3. The maximum Gasteiger partial charge on any atom is 0.469 e. The highest BCUT2D eigenvalue weighted by atomic mass is 32.2. The molecule has 3 N–H and O–H groups in total. The van der Waals surface area contributed by atoms with Gasteiger partial charge in [-0.25, -0.2) is 17.8 Å². The first-order valence-corrected chi connectivity index (χ1v) is 16.9. The minimum absolute atomic E-state index is 0.00661. The molecular weight excluding hydrogens is 619 g/mol. The van der Waals surface area contributed by atoms with Crippen molar-refractivity contribution in [1.82, 2.24) is 9.79 Å². The number of carbonyl (C=O) groups is 1. The number of amides is 1. The average Bonchev–Trinajstić information content (AvgIpc) is 3.70. The zero-order valence-electron chi connectivity index (χ0n) is 23.5. The second-order valence-electron chi connectivity index (χ2n) is 10.2. The number of carbonyl (C=O) groups excluding carboxylic acids is 1. The topological polar surface area (TPSA) is 183 Å². The van der Waals surface area contributed by atoms with E-state index in [1.165, 1.54) is 36.8 Å². The molecule has 44 heavy (non-hydrogen) atoms. The molecule has 238 valence electrons. The number of phosphoric ester groups is 1. The van der Waals surface area contributed by atoms with Crippen LogP contribution in [0.1, 0.15) is 31.2 Å². The second-order valence-corrected chi connectivity index (χ2v) is 13.3. The van der Waals surface area contributed by atoms with Crippen molar-refractivity contribution in [2.24, 2.45) is 0 Å². The lowest BCUT2D eigenvalue weighted by atomic mass is 10.0. The maximum absolute atomic E-state index is 14.1. The van der Waals surface area contributed by atoms with Crippen molar-refractivity contribution in [2.75, 3.05) is 19.8 Å². The van der Waals surface area contributed by atoms with E-state index in [2.05, 4.69) is 5.32 Å². The molecule has 2 heterocycles. The first-order chi connectivity index (χ1) is 21.1. The van der Waals surface area contributed by atoms with E-state index in [1.807, 2.05) is 0 Å². The van der Waals surface area contributed by atoms with Crippen molar-refractivity contribution < 1.29 is 55.6 Å². The highest BCUT2D eigenvalue weighted by Crippen LogP contribution is 2.40. The summed E-state index contributed by atoms with van der Waals surface area (Å²) in [5.74, 6) is 0.692. The van der Waals surface area contributed by atoms with E-state index in [0.717, 1.165) is 12.8 Å². The van der Waals surface area contributed by atoms with Crippen molar-refractivity contribution in [2.45, 2.75) is 55.2 Å². The van der Waals surface area contributed by atoms with E-state index >= 15 is 0 Å². The van der Waals surface area contributed by atoms with Crippen LogP contribution < -0.4 is 19.5 Å². The number of sulfonamides is 1. The molecule has 0 saturated heterocycles. The SMILES string of the molecule is O=C(N[C@@H](Cc1ccccc1)[C@@H](CN(OC1CCCC1)S(=O)(=O)c1ccc2c(c1)OCCO2)OP(=O)(O)O)Oc1ccoc1. The van der Waals surface area contributed by atoms with Gasteiger partial charge in [0.2, 0.25) is 0 Å². The zero-order chi connectivity index (χ0) is 31.2. The van der Waals surface area contributed by atoms with Gasteiger partial charge < -0.3 is 33.7 Å². The summed E-state index contributed by atoms with van der Waals surface area (Å²) in [5.41, 5.74) is 0.665. The van der Waals surface area contributed by atoms with Crippen LogP contribution in [0.25, 0.3) is 0 Å². The van der Waals surface area contributed by atoms with Crippen LogP contribution in [0, 0.1) is 0 Å². The van der Waals surface area contributed by atoms with Crippen LogP contribution in [0.15, 0.2) is 76.4 Å². The summed E-state index contributed by atoms with van der Waals surface area (Å²) in [5, 5.41) is 2.57. The Morgan fingerprint density at radius 1 is 1.05 bits per heavy atom. The molecule has 1 aromatic heterocycles. The molecule has 1 saturated carbocycles. The fourth-order valence-corrected chi connectivity index (χ4v) is 6.83. The van der Waals surface area contributed by atoms with Gasteiger partial charge in [0.15, 0.2) is 17.2 Å². The van der Waals surface area contributed by atoms with Crippen molar-refractivity contribution >= 4 is 23.9 Å². The van der Waals surface area contributed by atoms with Gasteiger partial charge in [-0.3, -0.25) is 9.36 Å². The number of nitrogens with zero attached hydrogens (tertiary/aromatic N) is 1. The van der Waals surface area contributed by atoms with Gasteiger partial charge in [0, 0.05) is 12.1 Å². The molecular formula is C28H33N2O12PS. The first kappa shape index (κ1) is 32.0. The Hall–Kier alpha value is -3.43. The number of fused-ring (bicyclic) bond motifs is 1. The van der Waals surface area contributed by atoms with Gasteiger partial charge in [-0.1, -0.05) is 47.6 Å². The van der Waals surface area contributed by atoms with Crippen LogP contribution in [-0.4, -0.2) is 66.8 Å². The normalized spacial score (nSPS) is 16.9. The maximum atomic E-state index is 14.1. The third-order valence-electron chi connectivity index (χ3n) is 7.01. The van der Waals surface area contributed by atoms with Crippen LogP contribution in [0.5, 0.6) is 17.2 Å². The fourth-order valence-electron chi connectivity index (χ4n) is 4.96. The summed E-state index contributed by atoms with van der Waals surface area (Å²) in [4.78, 5) is 38.5. The molecule has 16 heteroatoms. The Kier molecular flexibility index (Phi) is 10.3. The van der Waals surface area contributed by atoms with E-state index in [9.17, 15) is 27.6 Å². The number of rotatable bonds is 13. The molecule has 5 rings (SSSR count). The zero-order valence-corrected chi connectivity index (χ0v) is 25.2. The number of phosphoric acid groups is 1. The molecule has 0 radical (unpaired) electrons. The number of benzene rings is 2. The molecule has 0 spiro atoms. The minimum Gasteiger partial charge on any atom is -0.486 e. The highest BCUT2D eigenvalue weighted by Gasteiger charge is 2.39. The molecule has 1 aliphatic heterocycles. The van der Waals surface area contributed by atoms with Crippen LogP contribution >= 0.6 is 7.82 Å². The average molecular weight is 653 g/mol. The molecule has 1 amide bonds. The molecule has 0 bridgehead atoms. The Morgan fingerprint density at radius 3 is 2.45 bits per heavy atom. The van der Waals surface area contributed by atoms with Gasteiger partial charge >= 0.3 is 13.9 Å². The lowest BCUT2D eigenvalue weighted by Gasteiger charge is -2.33. The smallest absolute Gasteiger partial charge is 0.469 e. The van der Waals surface area contributed by atoms with Crippen LogP contribution in [-0.2, 0) is 30.4 Å². The Bertz CT molecular complexity index is 1540. The Labute approximate surface area is 254 Å². The van der Waals surface area contributed by atoms with E-state index in [0.29, 0.717) is 35.2 Å². The van der Waals surface area contributed by atoms with Gasteiger partial charge in [0.05, 0.1) is 29.8 Å². The number of hydroxylamine groups is 1. The quantitative estimate of drug-likeness (QED) is 0.180. The molecule has 1 aliphatic carbocycles. The third kappa shape index (κ3) is 8.60. The number of hydrogen-bond donors (Lipinski definition) is 3. The van der Waals surface area contributed by atoms with Gasteiger partial charge in [0.1, 0.15) is 25.6 Å². The highest BCUT2D eigenvalue weighted by molar-refractivity contribution is 7.89. The summed E-state index contributed by atoms with van der Waals surface area (Å²) < 4.78 is 67.4. The molecule has 1 fully saturated rings. The number of hydrogen-bond acceptors (Lipinski definition) is 10. The van der Waals surface area contributed by atoms with Crippen molar-refractivity contribution in [1.29, 1.82) is 0 Å². The van der Waals surface area contributed by atoms with Crippen LogP contribution in [0.4, 0.5) is 4.79 Å². The van der Waals surface area contributed by atoms with Crippen LogP contribution in [0.3, 0.4) is 0 Å². The predicted octanol–water partition coefficient (Wildman–Crippen LogP) is 3.79. The Balaban J connectivity index is 1.49. The van der Waals surface area contributed by atoms with Gasteiger partial charge in [-0.15, -0.1) is 0 Å². The molecule has 2 atom stereocenters. The lowest BCUT2D eigenvalue weighted by molar-refractivity contribution is -0.144. The first-order valence-electron chi connectivity index (χ1n) is 13.9.